The summed E-state index contributed by atoms with van der Waals surface area (Å²) in [5.74, 6) is -0.507. The van der Waals surface area contributed by atoms with Gasteiger partial charge >= 0.3 is 0 Å². The quantitative estimate of drug-likeness (QED) is 0.537. The van der Waals surface area contributed by atoms with Gasteiger partial charge in [0.25, 0.3) is 5.54 Å². The Bertz CT molecular complexity index is 263. The Hall–Kier alpha value is -0.680. The molecule has 1 aliphatic carbocycles. The maximum absolute atomic E-state index is 11.0. The molecule has 0 aromatic carbocycles. The number of nitrogens with zero attached hydrogens (tertiary/aromatic N) is 1. The maximum Gasteiger partial charge on any atom is 0.267 e. The Labute approximate surface area is 95.3 Å². The highest BCUT2D eigenvalue weighted by molar-refractivity contribution is 4.87. The fourth-order valence-corrected chi connectivity index (χ4v) is 2.43. The van der Waals surface area contributed by atoms with Crippen molar-refractivity contribution in [1.82, 2.24) is 0 Å². The number of nitro groups is 1. The van der Waals surface area contributed by atoms with E-state index in [1.807, 2.05) is 6.92 Å². The average molecular weight is 229 g/mol. The van der Waals surface area contributed by atoms with Crippen LogP contribution in [0.5, 0.6) is 0 Å². The first kappa shape index (κ1) is 11.8. The van der Waals surface area contributed by atoms with E-state index in [1.54, 1.807) is 0 Å². The molecule has 0 atom stereocenters. The number of rotatable bonds is 2. The van der Waals surface area contributed by atoms with E-state index in [9.17, 15) is 10.1 Å². The molecule has 5 nitrogen and oxygen atoms in total. The summed E-state index contributed by atoms with van der Waals surface area (Å²) in [6, 6.07) is 0. The number of hydrogen-bond donors (Lipinski definition) is 0. The molecule has 2 aliphatic rings. The minimum absolute atomic E-state index is 0.191. The summed E-state index contributed by atoms with van der Waals surface area (Å²) in [4.78, 5) is 10.8. The average Bonchev–Trinajstić information content (AvgIpc) is 2.31. The summed E-state index contributed by atoms with van der Waals surface area (Å²) < 4.78 is 11.4. The SMILES string of the molecule is CCC1([N+](=O)[O-])COC2(CCCCC2)OC1. The summed E-state index contributed by atoms with van der Waals surface area (Å²) in [6.45, 7) is 2.20. The lowest BCUT2D eigenvalue weighted by atomic mass is 9.91. The van der Waals surface area contributed by atoms with Gasteiger partial charge in [0.2, 0.25) is 0 Å². The van der Waals surface area contributed by atoms with Gasteiger partial charge < -0.3 is 9.47 Å². The van der Waals surface area contributed by atoms with Gasteiger partial charge in [-0.15, -0.1) is 0 Å². The van der Waals surface area contributed by atoms with E-state index >= 15 is 0 Å². The summed E-state index contributed by atoms with van der Waals surface area (Å²) in [5.41, 5.74) is -1.03. The van der Waals surface area contributed by atoms with Crippen LogP contribution in [0.2, 0.25) is 0 Å². The van der Waals surface area contributed by atoms with Crippen LogP contribution in [0, 0.1) is 10.1 Å². The summed E-state index contributed by atoms with van der Waals surface area (Å²) in [6.07, 6.45) is 5.61. The van der Waals surface area contributed by atoms with Crippen molar-refractivity contribution in [3.63, 3.8) is 0 Å². The van der Waals surface area contributed by atoms with Crippen LogP contribution in [0.15, 0.2) is 0 Å². The van der Waals surface area contributed by atoms with Crippen LogP contribution in [0.3, 0.4) is 0 Å². The molecule has 0 aromatic rings. The normalized spacial score (nSPS) is 27.8. The van der Waals surface area contributed by atoms with Crippen LogP contribution < -0.4 is 0 Å². The summed E-state index contributed by atoms with van der Waals surface area (Å²) >= 11 is 0. The largest absolute Gasteiger partial charge is 0.342 e. The number of ether oxygens (including phenoxy) is 2. The van der Waals surface area contributed by atoms with Gasteiger partial charge in [0, 0.05) is 24.2 Å². The van der Waals surface area contributed by atoms with E-state index in [2.05, 4.69) is 0 Å². The predicted molar refractivity (Wildman–Crippen MR) is 57.7 cm³/mol. The van der Waals surface area contributed by atoms with E-state index in [-0.39, 0.29) is 18.1 Å². The molecule has 5 heteroatoms. The fraction of sp³-hybridized carbons (Fsp3) is 1.00. The second kappa shape index (κ2) is 4.30. The van der Waals surface area contributed by atoms with Gasteiger partial charge in [-0.1, -0.05) is 13.3 Å². The van der Waals surface area contributed by atoms with Crippen LogP contribution >= 0.6 is 0 Å². The van der Waals surface area contributed by atoms with E-state index < -0.39 is 11.3 Å². The third-order valence-corrected chi connectivity index (χ3v) is 3.87. The van der Waals surface area contributed by atoms with Crippen LogP contribution in [0.25, 0.3) is 0 Å². The van der Waals surface area contributed by atoms with Crippen molar-refractivity contribution in [2.45, 2.75) is 56.8 Å². The van der Waals surface area contributed by atoms with E-state index in [0.717, 1.165) is 25.7 Å². The van der Waals surface area contributed by atoms with Gasteiger partial charge in [-0.3, -0.25) is 10.1 Å². The highest BCUT2D eigenvalue weighted by Gasteiger charge is 2.51. The Kier molecular flexibility index (Phi) is 3.17. The zero-order valence-corrected chi connectivity index (χ0v) is 9.74. The lowest BCUT2D eigenvalue weighted by molar-refractivity contribution is -0.597. The molecule has 1 saturated carbocycles. The van der Waals surface area contributed by atoms with Crippen LogP contribution in [-0.4, -0.2) is 29.5 Å². The topological polar surface area (TPSA) is 61.6 Å². The zero-order chi connectivity index (χ0) is 11.6. The van der Waals surface area contributed by atoms with Crippen LogP contribution in [0.4, 0.5) is 0 Å². The van der Waals surface area contributed by atoms with E-state index in [1.165, 1.54) is 6.42 Å². The third kappa shape index (κ3) is 1.94. The Morgan fingerprint density at radius 1 is 1.19 bits per heavy atom. The van der Waals surface area contributed by atoms with Crippen LogP contribution in [0.1, 0.15) is 45.4 Å². The molecule has 16 heavy (non-hydrogen) atoms. The molecule has 92 valence electrons. The minimum atomic E-state index is -1.03. The minimum Gasteiger partial charge on any atom is -0.342 e. The summed E-state index contributed by atoms with van der Waals surface area (Å²) in [5, 5.41) is 11.0. The van der Waals surface area contributed by atoms with Crippen molar-refractivity contribution in [2.75, 3.05) is 13.2 Å². The first-order chi connectivity index (χ1) is 7.63. The third-order valence-electron chi connectivity index (χ3n) is 3.87. The van der Waals surface area contributed by atoms with Gasteiger partial charge in [0.1, 0.15) is 13.2 Å². The molecule has 1 spiro atoms. The molecule has 2 rings (SSSR count). The summed E-state index contributed by atoms with van der Waals surface area (Å²) in [7, 11) is 0. The lowest BCUT2D eigenvalue weighted by Crippen LogP contribution is -2.57. The van der Waals surface area contributed by atoms with Crippen molar-refractivity contribution in [2.24, 2.45) is 0 Å². The van der Waals surface area contributed by atoms with Gasteiger partial charge in [-0.05, 0) is 12.8 Å². The van der Waals surface area contributed by atoms with E-state index in [0.29, 0.717) is 6.42 Å². The standard InChI is InChI=1S/C11H19NO4/c1-2-10(12(13)14)8-15-11(16-9-10)6-4-3-5-7-11/h2-9H2,1H3. The number of hydrogen-bond acceptors (Lipinski definition) is 4. The highest BCUT2D eigenvalue weighted by atomic mass is 16.7. The molecule has 2 fully saturated rings. The molecule has 0 radical (unpaired) electrons. The van der Waals surface area contributed by atoms with Crippen molar-refractivity contribution >= 4 is 0 Å². The molecule has 0 N–H and O–H groups in total. The fourth-order valence-electron chi connectivity index (χ4n) is 2.43. The Morgan fingerprint density at radius 2 is 1.75 bits per heavy atom. The molecule has 1 aliphatic heterocycles. The Morgan fingerprint density at radius 3 is 2.19 bits per heavy atom. The molecule has 1 heterocycles. The maximum atomic E-state index is 11.0. The van der Waals surface area contributed by atoms with Gasteiger partial charge in [-0.2, -0.15) is 0 Å². The van der Waals surface area contributed by atoms with E-state index in [4.69, 9.17) is 9.47 Å². The molecule has 0 amide bonds. The first-order valence-corrected chi connectivity index (χ1v) is 6.05. The first-order valence-electron chi connectivity index (χ1n) is 6.05. The van der Waals surface area contributed by atoms with Gasteiger partial charge in [-0.25, -0.2) is 0 Å². The zero-order valence-electron chi connectivity index (χ0n) is 9.74. The second-order valence-corrected chi connectivity index (χ2v) is 4.88. The smallest absolute Gasteiger partial charge is 0.267 e. The molecular weight excluding hydrogens is 210 g/mol. The predicted octanol–water partition coefficient (Wildman–Crippen LogP) is 2.12. The molecule has 0 unspecified atom stereocenters. The highest BCUT2D eigenvalue weighted by Crippen LogP contribution is 2.38. The monoisotopic (exact) mass is 229 g/mol. The van der Waals surface area contributed by atoms with Crippen molar-refractivity contribution < 1.29 is 14.4 Å². The Balaban J connectivity index is 2.02. The molecule has 1 saturated heterocycles. The lowest BCUT2D eigenvalue weighted by Gasteiger charge is -2.43. The molecule has 0 aromatic heterocycles. The molecular formula is C11H19NO4. The van der Waals surface area contributed by atoms with Crippen LogP contribution in [-0.2, 0) is 9.47 Å². The van der Waals surface area contributed by atoms with Gasteiger partial charge in [0.15, 0.2) is 5.79 Å². The van der Waals surface area contributed by atoms with Crippen molar-refractivity contribution in [3.8, 4) is 0 Å². The second-order valence-electron chi connectivity index (χ2n) is 4.88. The van der Waals surface area contributed by atoms with Crippen molar-refractivity contribution in [1.29, 1.82) is 0 Å². The van der Waals surface area contributed by atoms with Crippen molar-refractivity contribution in [3.05, 3.63) is 10.1 Å². The molecule has 0 bridgehead atoms. The van der Waals surface area contributed by atoms with Gasteiger partial charge in [0.05, 0.1) is 0 Å².